The first-order chi connectivity index (χ1) is 12.3. The molecule has 0 unspecified atom stereocenters. The first-order valence-corrected chi connectivity index (χ1v) is 9.30. The van der Waals surface area contributed by atoms with Crippen molar-refractivity contribution in [2.45, 2.75) is 25.3 Å². The van der Waals surface area contributed by atoms with Crippen LogP contribution in [0, 0.1) is 0 Å². The van der Waals surface area contributed by atoms with Crippen LogP contribution in [0.15, 0.2) is 18.2 Å². The minimum absolute atomic E-state index is 0.246. The molecule has 2 saturated heterocycles. The molecule has 4 rings (SSSR count). The Hall–Kier alpha value is -1.79. The zero-order chi connectivity index (χ0) is 17.1. The second kappa shape index (κ2) is 7.62. The number of hydrogen-bond donors (Lipinski definition) is 0. The van der Waals surface area contributed by atoms with E-state index in [0.717, 1.165) is 44.1 Å². The van der Waals surface area contributed by atoms with Gasteiger partial charge < -0.3 is 19.1 Å². The highest BCUT2D eigenvalue weighted by atomic mass is 16.6. The quantitative estimate of drug-likeness (QED) is 0.833. The predicted molar refractivity (Wildman–Crippen MR) is 93.0 cm³/mol. The van der Waals surface area contributed by atoms with Crippen molar-refractivity contribution in [3.63, 3.8) is 0 Å². The van der Waals surface area contributed by atoms with Crippen molar-refractivity contribution in [1.29, 1.82) is 0 Å². The summed E-state index contributed by atoms with van der Waals surface area (Å²) >= 11 is 0. The maximum absolute atomic E-state index is 12.4. The molecule has 6 heteroatoms. The molecule has 0 saturated carbocycles. The number of nitrogens with zero attached hydrogens (tertiary/aromatic N) is 2. The predicted octanol–water partition coefficient (Wildman–Crippen LogP) is 1.84. The van der Waals surface area contributed by atoms with E-state index in [1.54, 1.807) is 0 Å². The van der Waals surface area contributed by atoms with E-state index in [0.29, 0.717) is 38.9 Å². The summed E-state index contributed by atoms with van der Waals surface area (Å²) in [6.45, 7) is 5.87. The van der Waals surface area contributed by atoms with Crippen molar-refractivity contribution < 1.29 is 19.0 Å². The van der Waals surface area contributed by atoms with Crippen LogP contribution in [0.25, 0.3) is 0 Å². The maximum atomic E-state index is 12.4. The Morgan fingerprint density at radius 3 is 2.68 bits per heavy atom. The molecule has 2 fully saturated rings. The van der Waals surface area contributed by atoms with E-state index in [-0.39, 0.29) is 5.91 Å². The lowest BCUT2D eigenvalue weighted by Crippen LogP contribution is -2.42. The van der Waals surface area contributed by atoms with Gasteiger partial charge in [-0.3, -0.25) is 9.69 Å². The van der Waals surface area contributed by atoms with Crippen LogP contribution in [-0.4, -0.2) is 68.3 Å². The summed E-state index contributed by atoms with van der Waals surface area (Å²) in [6.07, 6.45) is 2.89. The molecule has 0 aliphatic carbocycles. The Bertz CT molecular complexity index is 615. The van der Waals surface area contributed by atoms with Crippen LogP contribution in [0.1, 0.15) is 30.9 Å². The van der Waals surface area contributed by atoms with Gasteiger partial charge in [0.1, 0.15) is 13.2 Å². The molecule has 0 radical (unpaired) electrons. The molecule has 136 valence electrons. The molecule has 0 bridgehead atoms. The summed E-state index contributed by atoms with van der Waals surface area (Å²) in [6, 6.07) is 6.63. The lowest BCUT2D eigenvalue weighted by atomic mass is 10.0. The Labute approximate surface area is 148 Å². The van der Waals surface area contributed by atoms with Crippen LogP contribution in [0.2, 0.25) is 0 Å². The third-order valence-electron chi connectivity index (χ3n) is 5.29. The minimum Gasteiger partial charge on any atom is -0.486 e. The molecule has 3 heterocycles. The van der Waals surface area contributed by atoms with E-state index in [1.165, 1.54) is 12.0 Å². The number of rotatable bonds is 4. The van der Waals surface area contributed by atoms with Gasteiger partial charge in [-0.05, 0) is 37.1 Å². The van der Waals surface area contributed by atoms with E-state index in [9.17, 15) is 4.79 Å². The van der Waals surface area contributed by atoms with Gasteiger partial charge in [0, 0.05) is 32.1 Å². The van der Waals surface area contributed by atoms with Gasteiger partial charge in [-0.1, -0.05) is 6.07 Å². The number of morpholine rings is 1. The van der Waals surface area contributed by atoms with Gasteiger partial charge in [0.15, 0.2) is 11.5 Å². The largest absolute Gasteiger partial charge is 0.486 e. The van der Waals surface area contributed by atoms with E-state index in [1.807, 2.05) is 11.0 Å². The number of carbonyl (C=O) groups is 1. The summed E-state index contributed by atoms with van der Waals surface area (Å²) in [5.41, 5.74) is 1.26. The molecule has 1 amide bonds. The van der Waals surface area contributed by atoms with Crippen LogP contribution >= 0.6 is 0 Å². The highest BCUT2D eigenvalue weighted by molar-refractivity contribution is 5.76. The average molecular weight is 346 g/mol. The molecule has 1 aromatic rings. The first kappa shape index (κ1) is 16.7. The fourth-order valence-corrected chi connectivity index (χ4v) is 3.95. The van der Waals surface area contributed by atoms with Crippen molar-refractivity contribution in [2.75, 3.05) is 52.6 Å². The SMILES string of the molecule is O=C(CCN1CCC[C@H]1c1ccc2c(c1)OCCO2)N1CCOCC1. The monoisotopic (exact) mass is 346 g/mol. The van der Waals surface area contributed by atoms with E-state index < -0.39 is 0 Å². The van der Waals surface area contributed by atoms with Gasteiger partial charge in [0.2, 0.25) is 5.91 Å². The third-order valence-corrected chi connectivity index (χ3v) is 5.29. The molecule has 3 aliphatic heterocycles. The summed E-state index contributed by atoms with van der Waals surface area (Å²) < 4.78 is 16.7. The Kier molecular flexibility index (Phi) is 5.08. The molecule has 0 N–H and O–H groups in total. The van der Waals surface area contributed by atoms with Gasteiger partial charge in [0.25, 0.3) is 0 Å². The van der Waals surface area contributed by atoms with Gasteiger partial charge in [-0.25, -0.2) is 0 Å². The highest BCUT2D eigenvalue weighted by Crippen LogP contribution is 2.38. The molecule has 6 nitrogen and oxygen atoms in total. The fraction of sp³-hybridized carbons (Fsp3) is 0.632. The number of fused-ring (bicyclic) bond motifs is 1. The van der Waals surface area contributed by atoms with Crippen LogP contribution in [0.3, 0.4) is 0 Å². The molecule has 0 spiro atoms. The van der Waals surface area contributed by atoms with Gasteiger partial charge in [-0.2, -0.15) is 0 Å². The third kappa shape index (κ3) is 3.75. The molecule has 1 aromatic carbocycles. The van der Waals surface area contributed by atoms with Crippen molar-refractivity contribution in [2.24, 2.45) is 0 Å². The number of benzene rings is 1. The second-order valence-electron chi connectivity index (χ2n) is 6.84. The van der Waals surface area contributed by atoms with Crippen LogP contribution in [-0.2, 0) is 9.53 Å². The Balaban J connectivity index is 1.38. The summed E-state index contributed by atoms with van der Waals surface area (Å²) in [5, 5.41) is 0. The number of carbonyl (C=O) groups excluding carboxylic acids is 1. The summed E-state index contributed by atoms with van der Waals surface area (Å²) in [5.74, 6) is 1.93. The van der Waals surface area contributed by atoms with Gasteiger partial charge >= 0.3 is 0 Å². The Morgan fingerprint density at radius 2 is 1.84 bits per heavy atom. The standard InChI is InChI=1S/C19H26N2O4/c22-19(21-8-10-23-11-9-21)5-7-20-6-1-2-16(20)15-3-4-17-18(14-15)25-13-12-24-17/h3-4,14,16H,1-2,5-13H2/t16-/m0/s1. The van der Waals surface area contributed by atoms with E-state index in [4.69, 9.17) is 14.2 Å². The van der Waals surface area contributed by atoms with E-state index >= 15 is 0 Å². The van der Waals surface area contributed by atoms with Gasteiger partial charge in [-0.15, -0.1) is 0 Å². The molecule has 3 aliphatic rings. The van der Waals surface area contributed by atoms with E-state index in [2.05, 4.69) is 17.0 Å². The minimum atomic E-state index is 0.246. The lowest BCUT2D eigenvalue weighted by molar-refractivity contribution is -0.135. The average Bonchev–Trinajstić information content (AvgIpc) is 3.15. The molecule has 25 heavy (non-hydrogen) atoms. The van der Waals surface area contributed by atoms with Crippen LogP contribution < -0.4 is 9.47 Å². The summed E-state index contributed by atoms with van der Waals surface area (Å²) in [4.78, 5) is 16.8. The molecular weight excluding hydrogens is 320 g/mol. The zero-order valence-electron chi connectivity index (χ0n) is 14.6. The Morgan fingerprint density at radius 1 is 1.04 bits per heavy atom. The number of hydrogen-bond acceptors (Lipinski definition) is 5. The molecule has 1 atom stereocenters. The smallest absolute Gasteiger partial charge is 0.224 e. The number of amides is 1. The summed E-state index contributed by atoms with van der Waals surface area (Å²) in [7, 11) is 0. The molecule has 0 aromatic heterocycles. The maximum Gasteiger partial charge on any atom is 0.224 e. The molecular formula is C19H26N2O4. The van der Waals surface area contributed by atoms with Crippen LogP contribution in [0.5, 0.6) is 11.5 Å². The first-order valence-electron chi connectivity index (χ1n) is 9.30. The van der Waals surface area contributed by atoms with Crippen molar-refractivity contribution in [3.8, 4) is 11.5 Å². The second-order valence-corrected chi connectivity index (χ2v) is 6.84. The topological polar surface area (TPSA) is 51.2 Å². The zero-order valence-corrected chi connectivity index (χ0v) is 14.6. The normalized spacial score (nSPS) is 23.7. The number of likely N-dealkylation sites (tertiary alicyclic amines) is 1. The van der Waals surface area contributed by atoms with Gasteiger partial charge in [0.05, 0.1) is 13.2 Å². The van der Waals surface area contributed by atoms with Crippen molar-refractivity contribution in [3.05, 3.63) is 23.8 Å². The number of ether oxygens (including phenoxy) is 3. The van der Waals surface area contributed by atoms with Crippen LogP contribution in [0.4, 0.5) is 0 Å². The van der Waals surface area contributed by atoms with Crippen molar-refractivity contribution in [1.82, 2.24) is 9.80 Å². The lowest BCUT2D eigenvalue weighted by Gasteiger charge is -2.29. The highest BCUT2D eigenvalue weighted by Gasteiger charge is 2.28. The fourth-order valence-electron chi connectivity index (χ4n) is 3.95. The van der Waals surface area contributed by atoms with Crippen molar-refractivity contribution >= 4 is 5.91 Å².